The highest BCUT2D eigenvalue weighted by Crippen LogP contribution is 2.29. The predicted molar refractivity (Wildman–Crippen MR) is 62.6 cm³/mol. The predicted octanol–water partition coefficient (Wildman–Crippen LogP) is -0.373. The van der Waals surface area contributed by atoms with Gasteiger partial charge in [0, 0.05) is 5.69 Å². The van der Waals surface area contributed by atoms with Crippen LogP contribution in [0.25, 0.3) is 0 Å². The summed E-state index contributed by atoms with van der Waals surface area (Å²) >= 11 is 0. The van der Waals surface area contributed by atoms with Gasteiger partial charge in [-0.1, -0.05) is 0 Å². The van der Waals surface area contributed by atoms with Crippen molar-refractivity contribution in [2.45, 2.75) is 12.5 Å². The number of nitrogens with zero attached hydrogens (tertiary/aromatic N) is 1. The van der Waals surface area contributed by atoms with E-state index in [0.29, 0.717) is 11.3 Å². The Bertz CT molecular complexity index is 499. The number of hydrogen-bond donors (Lipinski definition) is 3. The number of rotatable bonds is 4. The third kappa shape index (κ3) is 2.20. The second kappa shape index (κ2) is 4.75. The van der Waals surface area contributed by atoms with Crippen molar-refractivity contribution < 1.29 is 24.9 Å². The lowest BCUT2D eigenvalue weighted by Crippen LogP contribution is -2.36. The van der Waals surface area contributed by atoms with Gasteiger partial charge >= 0.3 is 5.97 Å². The summed E-state index contributed by atoms with van der Waals surface area (Å²) in [4.78, 5) is 23.9. The van der Waals surface area contributed by atoms with Crippen LogP contribution in [-0.2, 0) is 11.2 Å². The maximum absolute atomic E-state index is 11.7. The van der Waals surface area contributed by atoms with Crippen LogP contribution in [0.2, 0.25) is 0 Å². The molecule has 0 spiro atoms. The first kappa shape index (κ1) is 12.5. The molecule has 1 heterocycles. The highest BCUT2D eigenvalue weighted by molar-refractivity contribution is 6.02. The van der Waals surface area contributed by atoms with E-state index in [1.165, 1.54) is 17.0 Å². The van der Waals surface area contributed by atoms with Gasteiger partial charge in [-0.25, -0.2) is 4.79 Å². The summed E-state index contributed by atoms with van der Waals surface area (Å²) in [6.45, 7) is -0.416. The van der Waals surface area contributed by atoms with E-state index in [1.807, 2.05) is 0 Å². The van der Waals surface area contributed by atoms with Gasteiger partial charge in [-0.05, 0) is 23.8 Å². The van der Waals surface area contributed by atoms with Gasteiger partial charge in [0.2, 0.25) is 5.91 Å². The number of carboxylic acid groups (broad SMARTS) is 1. The quantitative estimate of drug-likeness (QED) is 0.678. The molecule has 1 aliphatic heterocycles. The van der Waals surface area contributed by atoms with Crippen molar-refractivity contribution in [1.82, 2.24) is 0 Å². The Morgan fingerprint density at radius 3 is 2.78 bits per heavy atom. The number of hydrogen-bond acceptors (Lipinski definition) is 4. The van der Waals surface area contributed by atoms with E-state index < -0.39 is 18.7 Å². The molecule has 0 saturated heterocycles. The Morgan fingerprint density at radius 2 is 2.17 bits per heavy atom. The molecule has 0 saturated carbocycles. The van der Waals surface area contributed by atoms with Crippen LogP contribution in [0.1, 0.15) is 15.9 Å². The van der Waals surface area contributed by atoms with Gasteiger partial charge in [-0.3, -0.25) is 4.79 Å². The molecular weight excluding hydrogens is 238 g/mol. The number of carbonyl (C=O) groups is 2. The SMILES string of the molecule is O=C(O)c1ccc2c(c1)CC(=O)N2CC(O)CO. The normalized spacial score (nSPS) is 15.7. The number of fused-ring (bicyclic) bond motifs is 1. The highest BCUT2D eigenvalue weighted by atomic mass is 16.4. The molecule has 1 aromatic carbocycles. The largest absolute Gasteiger partial charge is 0.478 e. The lowest BCUT2D eigenvalue weighted by molar-refractivity contribution is -0.117. The number of carboxylic acids is 1. The van der Waals surface area contributed by atoms with Gasteiger partial charge in [0.1, 0.15) is 0 Å². The standard InChI is InChI=1S/C12H13NO5/c14-6-9(15)5-13-10-2-1-7(12(17)18)3-8(10)4-11(13)16/h1-3,9,14-15H,4-6H2,(H,17,18). The van der Waals surface area contributed by atoms with E-state index >= 15 is 0 Å². The zero-order valence-corrected chi connectivity index (χ0v) is 9.54. The number of β-amino-alcohol motifs (C(OH)–C–C–N with tert-alkyl or cyclic N) is 1. The van der Waals surface area contributed by atoms with Crippen molar-refractivity contribution in [2.24, 2.45) is 0 Å². The lowest BCUT2D eigenvalue weighted by Gasteiger charge is -2.20. The fourth-order valence-corrected chi connectivity index (χ4v) is 1.98. The van der Waals surface area contributed by atoms with Gasteiger partial charge in [0.05, 0.1) is 31.2 Å². The van der Waals surface area contributed by atoms with Crippen LogP contribution in [0, 0.1) is 0 Å². The molecule has 1 atom stereocenters. The molecule has 1 unspecified atom stereocenters. The molecule has 1 aromatic rings. The number of aliphatic hydroxyl groups excluding tert-OH is 2. The molecule has 1 amide bonds. The molecule has 96 valence electrons. The summed E-state index contributed by atoms with van der Waals surface area (Å²) in [6, 6.07) is 4.42. The van der Waals surface area contributed by atoms with Gasteiger partial charge < -0.3 is 20.2 Å². The second-order valence-corrected chi connectivity index (χ2v) is 4.17. The fraction of sp³-hybridized carbons (Fsp3) is 0.333. The van der Waals surface area contributed by atoms with E-state index in [2.05, 4.69) is 0 Å². The molecule has 18 heavy (non-hydrogen) atoms. The Kier molecular flexibility index (Phi) is 3.31. The Labute approximate surface area is 103 Å². The maximum atomic E-state index is 11.7. The average Bonchev–Trinajstić information content (AvgIpc) is 2.64. The first-order valence-corrected chi connectivity index (χ1v) is 5.48. The number of aromatic carboxylic acids is 1. The van der Waals surface area contributed by atoms with Crippen LogP contribution in [-0.4, -0.2) is 46.5 Å². The van der Waals surface area contributed by atoms with Gasteiger partial charge in [0.15, 0.2) is 0 Å². The van der Waals surface area contributed by atoms with E-state index in [0.717, 1.165) is 0 Å². The number of amides is 1. The molecule has 0 fully saturated rings. The Balaban J connectivity index is 2.29. The number of benzene rings is 1. The molecule has 6 nitrogen and oxygen atoms in total. The smallest absolute Gasteiger partial charge is 0.335 e. The van der Waals surface area contributed by atoms with Gasteiger partial charge in [0.25, 0.3) is 0 Å². The van der Waals surface area contributed by atoms with Crippen LogP contribution in [0.5, 0.6) is 0 Å². The Morgan fingerprint density at radius 1 is 1.44 bits per heavy atom. The fourth-order valence-electron chi connectivity index (χ4n) is 1.98. The second-order valence-electron chi connectivity index (χ2n) is 4.17. The van der Waals surface area contributed by atoms with Crippen molar-refractivity contribution in [3.63, 3.8) is 0 Å². The summed E-state index contributed by atoms with van der Waals surface area (Å²) in [7, 11) is 0. The van der Waals surface area contributed by atoms with Crippen molar-refractivity contribution in [3.8, 4) is 0 Å². The lowest BCUT2D eigenvalue weighted by atomic mass is 10.1. The number of aliphatic hydroxyl groups is 2. The number of carbonyl (C=O) groups excluding carboxylic acids is 1. The molecular formula is C12H13NO5. The maximum Gasteiger partial charge on any atom is 0.335 e. The van der Waals surface area contributed by atoms with E-state index in [1.54, 1.807) is 6.07 Å². The van der Waals surface area contributed by atoms with Crippen molar-refractivity contribution in [2.75, 3.05) is 18.1 Å². The van der Waals surface area contributed by atoms with Crippen LogP contribution < -0.4 is 4.90 Å². The highest BCUT2D eigenvalue weighted by Gasteiger charge is 2.29. The topological polar surface area (TPSA) is 98.1 Å². The van der Waals surface area contributed by atoms with Gasteiger partial charge in [-0.15, -0.1) is 0 Å². The molecule has 1 aliphatic rings. The monoisotopic (exact) mass is 251 g/mol. The van der Waals surface area contributed by atoms with Crippen molar-refractivity contribution in [3.05, 3.63) is 29.3 Å². The summed E-state index contributed by atoms with van der Waals surface area (Å²) in [5.41, 5.74) is 1.36. The third-order valence-electron chi connectivity index (χ3n) is 2.86. The zero-order chi connectivity index (χ0) is 13.3. The summed E-state index contributed by atoms with van der Waals surface area (Å²) < 4.78 is 0. The minimum absolute atomic E-state index is 0.00868. The van der Waals surface area contributed by atoms with E-state index in [9.17, 15) is 14.7 Å². The first-order valence-electron chi connectivity index (χ1n) is 5.48. The van der Waals surface area contributed by atoms with Crippen LogP contribution in [0.4, 0.5) is 5.69 Å². The molecule has 2 rings (SSSR count). The Hall–Kier alpha value is -1.92. The van der Waals surface area contributed by atoms with Crippen LogP contribution >= 0.6 is 0 Å². The molecule has 0 bridgehead atoms. The molecule has 0 radical (unpaired) electrons. The average molecular weight is 251 g/mol. The van der Waals surface area contributed by atoms with Gasteiger partial charge in [-0.2, -0.15) is 0 Å². The van der Waals surface area contributed by atoms with E-state index in [4.69, 9.17) is 10.2 Å². The zero-order valence-electron chi connectivity index (χ0n) is 9.54. The molecule has 0 aliphatic carbocycles. The third-order valence-corrected chi connectivity index (χ3v) is 2.86. The van der Waals surface area contributed by atoms with Crippen LogP contribution in [0.3, 0.4) is 0 Å². The summed E-state index contributed by atoms with van der Waals surface area (Å²) in [5.74, 6) is -1.25. The summed E-state index contributed by atoms with van der Waals surface area (Å²) in [6.07, 6.45) is -0.881. The molecule has 3 N–H and O–H groups in total. The van der Waals surface area contributed by atoms with Crippen molar-refractivity contribution in [1.29, 1.82) is 0 Å². The molecule has 6 heteroatoms. The van der Waals surface area contributed by atoms with Crippen molar-refractivity contribution >= 4 is 17.6 Å². The van der Waals surface area contributed by atoms with Crippen LogP contribution in [0.15, 0.2) is 18.2 Å². The first-order chi connectivity index (χ1) is 8.52. The minimum Gasteiger partial charge on any atom is -0.478 e. The minimum atomic E-state index is -1.04. The summed E-state index contributed by atoms with van der Waals surface area (Å²) in [5, 5.41) is 27.0. The molecule has 0 aromatic heterocycles. The number of anilines is 1. The van der Waals surface area contributed by atoms with E-state index in [-0.39, 0.29) is 24.4 Å².